The Morgan fingerprint density at radius 3 is 2.33 bits per heavy atom. The molecule has 2 heterocycles. The van der Waals surface area contributed by atoms with Crippen LogP contribution in [0.2, 0.25) is 0 Å². The first-order valence-electron chi connectivity index (χ1n) is 5.85. The van der Waals surface area contributed by atoms with Crippen molar-refractivity contribution >= 4 is 0 Å². The van der Waals surface area contributed by atoms with Crippen molar-refractivity contribution in [2.45, 2.75) is 12.2 Å². The zero-order valence-electron chi connectivity index (χ0n) is 10.7. The summed E-state index contributed by atoms with van der Waals surface area (Å²) in [5.41, 5.74) is 0. The molecule has 2 fully saturated rings. The van der Waals surface area contributed by atoms with Crippen LogP contribution < -0.4 is 0 Å². The third-order valence-electron chi connectivity index (χ3n) is 2.23. The van der Waals surface area contributed by atoms with Gasteiger partial charge in [-0.3, -0.25) is 0 Å². The zero-order valence-corrected chi connectivity index (χ0v) is 12.1. The summed E-state index contributed by atoms with van der Waals surface area (Å²) in [4.78, 5) is 0. The number of aliphatic hydroxyl groups is 1. The van der Waals surface area contributed by atoms with Crippen LogP contribution in [0.1, 0.15) is 0 Å². The predicted octanol–water partition coefficient (Wildman–Crippen LogP) is -0.560. The fourth-order valence-electron chi connectivity index (χ4n) is 1.16. The minimum atomic E-state index is -0.0799. The monoisotopic (exact) mass is 301 g/mol. The van der Waals surface area contributed by atoms with Gasteiger partial charge in [0.2, 0.25) is 0 Å². The van der Waals surface area contributed by atoms with Crippen molar-refractivity contribution in [2.24, 2.45) is 0 Å². The fourth-order valence-corrected chi connectivity index (χ4v) is 1.16. The van der Waals surface area contributed by atoms with E-state index in [0.717, 1.165) is 13.2 Å². The van der Waals surface area contributed by atoms with Gasteiger partial charge in [-0.1, -0.05) is 0 Å². The Labute approximate surface area is 120 Å². The van der Waals surface area contributed by atoms with Gasteiger partial charge in [-0.2, -0.15) is 0 Å². The number of ether oxygens (including phenoxy) is 5. The van der Waals surface area contributed by atoms with Crippen LogP contribution in [0.25, 0.3) is 0 Å². The van der Waals surface area contributed by atoms with E-state index in [4.69, 9.17) is 28.8 Å². The van der Waals surface area contributed by atoms with Crippen molar-refractivity contribution in [3.8, 4) is 0 Å². The Balaban J connectivity index is 0.000000306. The summed E-state index contributed by atoms with van der Waals surface area (Å²) in [6.07, 6.45) is 0.297. The van der Waals surface area contributed by atoms with Crippen molar-refractivity contribution < 1.29 is 47.3 Å². The summed E-state index contributed by atoms with van der Waals surface area (Å²) < 4.78 is 24.9. The molecule has 7 heteroatoms. The molecule has 2 saturated heterocycles. The maximum absolute atomic E-state index is 8.49. The molecular formula is C11H22O6V. The molecule has 2 atom stereocenters. The first kappa shape index (κ1) is 18.3. The van der Waals surface area contributed by atoms with Crippen LogP contribution in [0, 0.1) is 0 Å². The minimum absolute atomic E-state index is 0. The van der Waals surface area contributed by atoms with Crippen molar-refractivity contribution in [3.63, 3.8) is 0 Å². The molecule has 107 valence electrons. The third-order valence-corrected chi connectivity index (χ3v) is 2.23. The maximum atomic E-state index is 8.49. The van der Waals surface area contributed by atoms with Gasteiger partial charge in [0.05, 0.1) is 52.9 Å². The first-order valence-corrected chi connectivity index (χ1v) is 5.85. The van der Waals surface area contributed by atoms with Crippen molar-refractivity contribution in [1.82, 2.24) is 0 Å². The maximum Gasteiger partial charge on any atom is 0.104 e. The van der Waals surface area contributed by atoms with E-state index >= 15 is 0 Å². The Hall–Kier alpha value is 0.344. The van der Waals surface area contributed by atoms with Gasteiger partial charge in [-0.25, -0.2) is 0 Å². The van der Waals surface area contributed by atoms with Crippen LogP contribution in [0.15, 0.2) is 0 Å². The molecule has 18 heavy (non-hydrogen) atoms. The van der Waals surface area contributed by atoms with E-state index in [1.165, 1.54) is 0 Å². The van der Waals surface area contributed by atoms with E-state index in [1.807, 2.05) is 0 Å². The zero-order chi connectivity index (χ0) is 12.3. The van der Waals surface area contributed by atoms with Gasteiger partial charge >= 0.3 is 0 Å². The molecule has 2 aliphatic rings. The Bertz CT molecular complexity index is 173. The molecule has 0 aliphatic carbocycles. The Kier molecular flexibility index (Phi) is 12.6. The van der Waals surface area contributed by atoms with E-state index < -0.39 is 0 Å². The molecule has 1 N–H and O–H groups in total. The van der Waals surface area contributed by atoms with Crippen LogP contribution in [-0.4, -0.2) is 77.3 Å². The Morgan fingerprint density at radius 2 is 1.89 bits per heavy atom. The first-order chi connectivity index (χ1) is 8.36. The molecule has 0 amide bonds. The number of epoxide rings is 1. The SMILES string of the molecule is COCCOCC1CO1.OCC1COCCO1.[V]. The van der Waals surface area contributed by atoms with E-state index in [1.54, 1.807) is 7.11 Å². The fraction of sp³-hybridized carbons (Fsp3) is 1.00. The van der Waals surface area contributed by atoms with Gasteiger partial charge in [0.1, 0.15) is 12.2 Å². The predicted molar refractivity (Wildman–Crippen MR) is 60.1 cm³/mol. The summed E-state index contributed by atoms with van der Waals surface area (Å²) in [6, 6.07) is 0. The van der Waals surface area contributed by atoms with E-state index in [-0.39, 0.29) is 31.3 Å². The molecule has 0 bridgehead atoms. The molecule has 2 unspecified atom stereocenters. The van der Waals surface area contributed by atoms with E-state index in [9.17, 15) is 0 Å². The molecule has 0 spiro atoms. The van der Waals surface area contributed by atoms with Gasteiger partial charge < -0.3 is 28.8 Å². The average molecular weight is 301 g/mol. The van der Waals surface area contributed by atoms with Gasteiger partial charge in [0.25, 0.3) is 0 Å². The summed E-state index contributed by atoms with van der Waals surface area (Å²) in [6.45, 7) is 4.83. The van der Waals surface area contributed by atoms with Crippen molar-refractivity contribution in [1.29, 1.82) is 0 Å². The van der Waals surface area contributed by atoms with E-state index in [0.29, 0.717) is 39.1 Å². The van der Waals surface area contributed by atoms with Gasteiger partial charge in [0, 0.05) is 25.7 Å². The topological polar surface area (TPSA) is 69.7 Å². The molecule has 1 radical (unpaired) electrons. The quantitative estimate of drug-likeness (QED) is 0.524. The second kappa shape index (κ2) is 12.4. The number of rotatable bonds is 6. The number of hydrogen-bond acceptors (Lipinski definition) is 6. The number of aliphatic hydroxyl groups excluding tert-OH is 1. The number of methoxy groups -OCH3 is 1. The normalized spacial score (nSPS) is 25.7. The summed E-state index contributed by atoms with van der Waals surface area (Å²) in [5.74, 6) is 0. The van der Waals surface area contributed by atoms with Crippen LogP contribution in [-0.2, 0) is 42.2 Å². The molecule has 2 rings (SSSR count). The van der Waals surface area contributed by atoms with Crippen molar-refractivity contribution in [3.05, 3.63) is 0 Å². The second-order valence-electron chi connectivity index (χ2n) is 3.77. The van der Waals surface area contributed by atoms with Gasteiger partial charge in [-0.15, -0.1) is 0 Å². The molecule has 6 nitrogen and oxygen atoms in total. The second-order valence-corrected chi connectivity index (χ2v) is 3.77. The molecule has 2 aliphatic heterocycles. The van der Waals surface area contributed by atoms with Gasteiger partial charge in [-0.05, 0) is 0 Å². The van der Waals surface area contributed by atoms with Crippen LogP contribution in [0.4, 0.5) is 0 Å². The third kappa shape index (κ3) is 10.3. The van der Waals surface area contributed by atoms with Crippen LogP contribution in [0.3, 0.4) is 0 Å². The molecule has 0 aromatic heterocycles. The van der Waals surface area contributed by atoms with Crippen molar-refractivity contribution in [2.75, 3.05) is 60.0 Å². The Morgan fingerprint density at radius 1 is 1.11 bits per heavy atom. The molecule has 0 aromatic rings. The summed E-state index contributed by atoms with van der Waals surface area (Å²) in [5, 5.41) is 8.49. The molecular weight excluding hydrogens is 279 g/mol. The van der Waals surface area contributed by atoms with Gasteiger partial charge in [0.15, 0.2) is 0 Å². The minimum Gasteiger partial charge on any atom is -0.394 e. The average Bonchev–Trinajstić information content (AvgIpc) is 3.21. The molecule has 0 saturated carbocycles. The molecule has 0 aromatic carbocycles. The summed E-state index contributed by atoms with van der Waals surface area (Å²) >= 11 is 0. The van der Waals surface area contributed by atoms with Crippen LogP contribution in [0.5, 0.6) is 0 Å². The standard InChI is InChI=1S/C6H12O3.C5H10O3.V/c1-7-2-3-8-4-6-5-9-6;6-3-5-4-7-1-2-8-5;/h6H,2-5H2,1H3;5-6H,1-4H2;. The van der Waals surface area contributed by atoms with Crippen LogP contribution >= 0.6 is 0 Å². The number of hydrogen-bond donors (Lipinski definition) is 1. The largest absolute Gasteiger partial charge is 0.394 e. The smallest absolute Gasteiger partial charge is 0.104 e. The van der Waals surface area contributed by atoms with E-state index in [2.05, 4.69) is 0 Å². The summed E-state index contributed by atoms with van der Waals surface area (Å²) in [7, 11) is 1.66.